The van der Waals surface area contributed by atoms with Crippen LogP contribution in [0.5, 0.6) is 0 Å². The number of rotatable bonds is 1. The molecule has 0 spiro atoms. The smallest absolute Gasteiger partial charge is 0.262 e. The van der Waals surface area contributed by atoms with Crippen molar-refractivity contribution in [2.75, 3.05) is 0 Å². The molecule has 0 amide bonds. The third-order valence-electron chi connectivity index (χ3n) is 1.86. The van der Waals surface area contributed by atoms with E-state index in [0.717, 1.165) is 0 Å². The van der Waals surface area contributed by atoms with Gasteiger partial charge in [0.25, 0.3) is 9.05 Å². The van der Waals surface area contributed by atoms with E-state index in [4.69, 9.17) is 10.7 Å². The van der Waals surface area contributed by atoms with Gasteiger partial charge in [0, 0.05) is 23.9 Å². The van der Waals surface area contributed by atoms with Crippen molar-refractivity contribution in [3.05, 3.63) is 18.5 Å². The lowest BCUT2D eigenvalue weighted by molar-refractivity contribution is 0.609. The second-order valence-electron chi connectivity index (χ2n) is 2.78. The first kappa shape index (κ1) is 9.42. The van der Waals surface area contributed by atoms with E-state index in [1.54, 1.807) is 13.2 Å². The minimum Gasteiger partial charge on any atom is -0.266 e. The van der Waals surface area contributed by atoms with Crippen LogP contribution >= 0.6 is 10.7 Å². The number of hydrogen-bond acceptors (Lipinski definition) is 4. The molecule has 0 N–H and O–H groups in total. The summed E-state index contributed by atoms with van der Waals surface area (Å²) >= 11 is 0. The number of aromatic nitrogens is 3. The molecule has 0 saturated heterocycles. The molecule has 0 aliphatic carbocycles. The molecule has 0 radical (unpaired) electrons. The topological polar surface area (TPSA) is 64.8 Å². The van der Waals surface area contributed by atoms with Crippen LogP contribution in [0.25, 0.3) is 11.0 Å². The maximum absolute atomic E-state index is 11.0. The van der Waals surface area contributed by atoms with Crippen molar-refractivity contribution >= 4 is 30.8 Å². The quantitative estimate of drug-likeness (QED) is 0.684. The lowest BCUT2D eigenvalue weighted by atomic mass is 10.4. The van der Waals surface area contributed by atoms with E-state index < -0.39 is 9.05 Å². The van der Waals surface area contributed by atoms with Crippen molar-refractivity contribution in [1.82, 2.24) is 14.8 Å². The molecule has 0 atom stereocenters. The van der Waals surface area contributed by atoms with Crippen LogP contribution in [0.2, 0.25) is 0 Å². The van der Waals surface area contributed by atoms with E-state index in [0.29, 0.717) is 11.0 Å². The summed E-state index contributed by atoms with van der Waals surface area (Å²) in [6.45, 7) is 0. The summed E-state index contributed by atoms with van der Waals surface area (Å²) in [5, 5.41) is 3.94. The Morgan fingerprint density at radius 1 is 1.43 bits per heavy atom. The summed E-state index contributed by atoms with van der Waals surface area (Å²) in [5.41, 5.74) is 1.27. The molecule has 2 heterocycles. The SMILES string of the molecule is Cn1ncc2ncc(S(=O)(=O)Cl)cc21. The number of aryl methyl sites for hydroxylation is 1. The van der Waals surface area contributed by atoms with E-state index in [9.17, 15) is 8.42 Å². The van der Waals surface area contributed by atoms with Crippen LogP contribution in [0.15, 0.2) is 23.4 Å². The minimum absolute atomic E-state index is 0.0183. The van der Waals surface area contributed by atoms with Crippen LogP contribution in [-0.2, 0) is 16.1 Å². The molecule has 0 aliphatic rings. The van der Waals surface area contributed by atoms with Gasteiger partial charge >= 0.3 is 0 Å². The number of hydrogen-bond donors (Lipinski definition) is 0. The Hall–Kier alpha value is -1.14. The largest absolute Gasteiger partial charge is 0.266 e. The van der Waals surface area contributed by atoms with Crippen molar-refractivity contribution < 1.29 is 8.42 Å². The first-order valence-corrected chi connectivity index (χ1v) is 6.02. The monoisotopic (exact) mass is 231 g/mol. The van der Waals surface area contributed by atoms with Crippen LogP contribution in [-0.4, -0.2) is 23.2 Å². The van der Waals surface area contributed by atoms with Crippen LogP contribution in [0.4, 0.5) is 0 Å². The molecule has 0 bridgehead atoms. The van der Waals surface area contributed by atoms with E-state index in [1.807, 2.05) is 0 Å². The van der Waals surface area contributed by atoms with Gasteiger partial charge in [0.15, 0.2) is 0 Å². The van der Waals surface area contributed by atoms with E-state index in [-0.39, 0.29) is 4.90 Å². The van der Waals surface area contributed by atoms with Gasteiger partial charge in [0.05, 0.1) is 11.7 Å². The van der Waals surface area contributed by atoms with Crippen molar-refractivity contribution in [3.63, 3.8) is 0 Å². The van der Waals surface area contributed by atoms with Gasteiger partial charge in [0.2, 0.25) is 0 Å². The summed E-state index contributed by atoms with van der Waals surface area (Å²) in [5.74, 6) is 0. The molecule has 5 nitrogen and oxygen atoms in total. The summed E-state index contributed by atoms with van der Waals surface area (Å²) in [7, 11) is 3.16. The van der Waals surface area contributed by atoms with E-state index >= 15 is 0 Å². The lowest BCUT2D eigenvalue weighted by Gasteiger charge is -1.96. The lowest BCUT2D eigenvalue weighted by Crippen LogP contribution is -1.94. The Bertz CT molecular complexity index is 590. The Morgan fingerprint density at radius 2 is 2.14 bits per heavy atom. The summed E-state index contributed by atoms with van der Waals surface area (Å²) in [6, 6.07) is 1.44. The molecule has 2 rings (SSSR count). The molecule has 0 fully saturated rings. The zero-order chi connectivity index (χ0) is 10.3. The number of fused-ring (bicyclic) bond motifs is 1. The first-order valence-electron chi connectivity index (χ1n) is 3.71. The molecule has 74 valence electrons. The highest BCUT2D eigenvalue weighted by atomic mass is 35.7. The molecule has 2 aromatic heterocycles. The Kier molecular flexibility index (Phi) is 1.97. The average Bonchev–Trinajstić information content (AvgIpc) is 2.46. The van der Waals surface area contributed by atoms with Gasteiger partial charge in [-0.3, -0.25) is 9.67 Å². The van der Waals surface area contributed by atoms with Crippen molar-refractivity contribution in [2.45, 2.75) is 4.90 Å². The van der Waals surface area contributed by atoms with Gasteiger partial charge in [-0.25, -0.2) is 8.42 Å². The molecule has 0 unspecified atom stereocenters. The molecule has 0 saturated carbocycles. The number of halogens is 1. The van der Waals surface area contributed by atoms with Gasteiger partial charge in [-0.15, -0.1) is 0 Å². The highest BCUT2D eigenvalue weighted by molar-refractivity contribution is 8.13. The highest BCUT2D eigenvalue weighted by Crippen LogP contribution is 2.18. The standard InChI is InChI=1S/C7H6ClN3O2S/c1-11-7-2-5(14(8,12)13)3-9-6(7)4-10-11/h2-4H,1H3. The number of nitrogens with zero attached hydrogens (tertiary/aromatic N) is 3. The number of pyridine rings is 1. The third kappa shape index (κ3) is 1.46. The van der Waals surface area contributed by atoms with Crippen LogP contribution in [0.1, 0.15) is 0 Å². The van der Waals surface area contributed by atoms with Gasteiger partial charge in [0.1, 0.15) is 10.4 Å². The summed E-state index contributed by atoms with van der Waals surface area (Å²) < 4.78 is 23.5. The zero-order valence-electron chi connectivity index (χ0n) is 7.18. The Balaban J connectivity index is 2.79. The fourth-order valence-corrected chi connectivity index (χ4v) is 1.82. The molecule has 0 aromatic carbocycles. The second-order valence-corrected chi connectivity index (χ2v) is 5.35. The molecule has 7 heteroatoms. The van der Waals surface area contributed by atoms with Gasteiger partial charge < -0.3 is 0 Å². The minimum atomic E-state index is -3.72. The predicted molar refractivity (Wildman–Crippen MR) is 51.5 cm³/mol. The van der Waals surface area contributed by atoms with E-state index in [2.05, 4.69) is 10.1 Å². The van der Waals surface area contributed by atoms with Crippen LogP contribution in [0.3, 0.4) is 0 Å². The first-order chi connectivity index (χ1) is 6.48. The predicted octanol–water partition coefficient (Wildman–Crippen LogP) is 0.896. The molecule has 0 aliphatic heterocycles. The Morgan fingerprint density at radius 3 is 2.79 bits per heavy atom. The van der Waals surface area contributed by atoms with Crippen LogP contribution in [0, 0.1) is 0 Å². The Labute approximate surface area is 84.7 Å². The zero-order valence-corrected chi connectivity index (χ0v) is 8.75. The van der Waals surface area contributed by atoms with Gasteiger partial charge in [-0.05, 0) is 6.07 Å². The second kappa shape index (κ2) is 2.93. The molecular weight excluding hydrogens is 226 g/mol. The fourth-order valence-electron chi connectivity index (χ4n) is 1.14. The molecule has 14 heavy (non-hydrogen) atoms. The summed E-state index contributed by atoms with van der Waals surface area (Å²) in [4.78, 5) is 3.90. The van der Waals surface area contributed by atoms with Crippen molar-refractivity contribution in [3.8, 4) is 0 Å². The highest BCUT2D eigenvalue weighted by Gasteiger charge is 2.12. The van der Waals surface area contributed by atoms with Crippen LogP contribution < -0.4 is 0 Å². The van der Waals surface area contributed by atoms with E-state index in [1.165, 1.54) is 16.9 Å². The van der Waals surface area contributed by atoms with Gasteiger partial charge in [-0.1, -0.05) is 0 Å². The third-order valence-corrected chi connectivity index (χ3v) is 3.18. The molecule has 2 aromatic rings. The average molecular weight is 232 g/mol. The maximum atomic E-state index is 11.0. The molecular formula is C7H6ClN3O2S. The fraction of sp³-hybridized carbons (Fsp3) is 0.143. The normalized spacial score (nSPS) is 12.1. The maximum Gasteiger partial charge on any atom is 0.262 e. The van der Waals surface area contributed by atoms with Crippen molar-refractivity contribution in [2.24, 2.45) is 7.05 Å². The van der Waals surface area contributed by atoms with Gasteiger partial charge in [-0.2, -0.15) is 5.10 Å². The van der Waals surface area contributed by atoms with Crippen molar-refractivity contribution in [1.29, 1.82) is 0 Å². The summed E-state index contributed by atoms with van der Waals surface area (Å²) in [6.07, 6.45) is 2.77.